The molecule has 4 rings (SSSR count). The van der Waals surface area contributed by atoms with E-state index in [0.29, 0.717) is 28.7 Å². The minimum atomic E-state index is -0.173. The van der Waals surface area contributed by atoms with Crippen LogP contribution in [-0.2, 0) is 6.42 Å². The molecule has 1 fully saturated rings. The van der Waals surface area contributed by atoms with E-state index in [0.717, 1.165) is 25.1 Å². The summed E-state index contributed by atoms with van der Waals surface area (Å²) in [6.07, 6.45) is 5.56. The topological polar surface area (TPSA) is 72.5 Å². The first-order valence-corrected chi connectivity index (χ1v) is 8.13. The maximum Gasteiger partial charge on any atom is 0.257 e. The number of rotatable bonds is 4. The predicted molar refractivity (Wildman–Crippen MR) is 96.7 cm³/mol. The lowest BCUT2D eigenvalue weighted by Crippen LogP contribution is -2.14. The summed E-state index contributed by atoms with van der Waals surface area (Å²) < 4.78 is 10.6. The van der Waals surface area contributed by atoms with Gasteiger partial charge in [0.05, 0.1) is 5.56 Å². The molecule has 2 aliphatic heterocycles. The number of hydrogen-bond donors (Lipinski definition) is 2. The maximum absolute atomic E-state index is 12.5. The lowest BCUT2D eigenvalue weighted by molar-refractivity contribution is 0.102. The monoisotopic (exact) mass is 361 g/mol. The lowest BCUT2D eigenvalue weighted by atomic mass is 9.99. The van der Waals surface area contributed by atoms with Gasteiger partial charge >= 0.3 is 0 Å². The second-order valence-electron chi connectivity index (χ2n) is 6.17. The third kappa shape index (κ3) is 4.03. The SMILES string of the molecule is Cl.O=C(Nc1ccc2c(c1)OCO2)c1cncc(CC2CCNC2)c1. The molecule has 1 aromatic heterocycles. The number of nitrogens with one attached hydrogen (secondary N) is 2. The Morgan fingerprint density at radius 2 is 2.12 bits per heavy atom. The van der Waals surface area contributed by atoms with Crippen LogP contribution in [-0.4, -0.2) is 30.8 Å². The normalized spacial score (nSPS) is 17.8. The van der Waals surface area contributed by atoms with Gasteiger partial charge in [-0.1, -0.05) is 0 Å². The molecule has 2 aromatic rings. The molecule has 1 unspecified atom stereocenters. The fraction of sp³-hybridized carbons (Fsp3) is 0.333. The van der Waals surface area contributed by atoms with Gasteiger partial charge in [0.2, 0.25) is 6.79 Å². The summed E-state index contributed by atoms with van der Waals surface area (Å²) in [5.74, 6) is 1.79. The fourth-order valence-corrected chi connectivity index (χ4v) is 3.12. The van der Waals surface area contributed by atoms with Crippen LogP contribution in [0.1, 0.15) is 22.3 Å². The number of ether oxygens (including phenoxy) is 2. The molecule has 25 heavy (non-hydrogen) atoms. The number of pyridine rings is 1. The third-order valence-electron chi connectivity index (χ3n) is 4.37. The number of hydrogen-bond acceptors (Lipinski definition) is 5. The van der Waals surface area contributed by atoms with Gasteiger partial charge in [-0.2, -0.15) is 0 Å². The zero-order valence-electron chi connectivity index (χ0n) is 13.7. The average Bonchev–Trinajstić information content (AvgIpc) is 3.26. The Balaban J connectivity index is 0.00000182. The maximum atomic E-state index is 12.5. The Morgan fingerprint density at radius 1 is 1.24 bits per heavy atom. The van der Waals surface area contributed by atoms with Crippen molar-refractivity contribution in [3.8, 4) is 11.5 Å². The largest absolute Gasteiger partial charge is 0.454 e. The zero-order chi connectivity index (χ0) is 16.4. The molecule has 0 bridgehead atoms. The van der Waals surface area contributed by atoms with Crippen LogP contribution < -0.4 is 20.1 Å². The van der Waals surface area contributed by atoms with Gasteiger partial charge in [-0.05, 0) is 55.6 Å². The number of fused-ring (bicyclic) bond motifs is 1. The standard InChI is InChI=1S/C18H19N3O3.ClH/c22-18(21-15-1-2-16-17(7-15)24-11-23-16)14-6-13(9-20-10-14)5-12-3-4-19-8-12;/h1-2,6-7,9-10,12,19H,3-5,8,11H2,(H,21,22);1H. The highest BCUT2D eigenvalue weighted by Gasteiger charge is 2.17. The van der Waals surface area contributed by atoms with Crippen molar-refractivity contribution in [1.82, 2.24) is 10.3 Å². The van der Waals surface area contributed by atoms with Gasteiger partial charge in [0, 0.05) is 24.1 Å². The number of benzene rings is 1. The summed E-state index contributed by atoms with van der Waals surface area (Å²) in [6.45, 7) is 2.32. The molecule has 1 atom stereocenters. The van der Waals surface area contributed by atoms with Gasteiger partial charge in [0.25, 0.3) is 5.91 Å². The van der Waals surface area contributed by atoms with Crippen molar-refractivity contribution < 1.29 is 14.3 Å². The Kier molecular flexibility index (Phi) is 5.40. The molecule has 2 N–H and O–H groups in total. The van der Waals surface area contributed by atoms with Crippen molar-refractivity contribution in [2.24, 2.45) is 5.92 Å². The smallest absolute Gasteiger partial charge is 0.257 e. The van der Waals surface area contributed by atoms with Gasteiger partial charge in [-0.15, -0.1) is 12.4 Å². The van der Waals surface area contributed by atoms with Crippen LogP contribution in [0.2, 0.25) is 0 Å². The van der Waals surface area contributed by atoms with Crippen LogP contribution in [0, 0.1) is 5.92 Å². The molecule has 2 aliphatic rings. The van der Waals surface area contributed by atoms with Crippen LogP contribution in [0.5, 0.6) is 11.5 Å². The van der Waals surface area contributed by atoms with E-state index in [1.165, 1.54) is 6.42 Å². The summed E-state index contributed by atoms with van der Waals surface area (Å²) in [5.41, 5.74) is 2.34. The van der Waals surface area contributed by atoms with E-state index in [4.69, 9.17) is 9.47 Å². The number of nitrogens with zero attached hydrogens (tertiary/aromatic N) is 1. The molecule has 0 aliphatic carbocycles. The second kappa shape index (κ2) is 7.72. The Bertz CT molecular complexity index is 763. The predicted octanol–water partition coefficient (Wildman–Crippen LogP) is 2.64. The van der Waals surface area contributed by atoms with Crippen LogP contribution in [0.4, 0.5) is 5.69 Å². The van der Waals surface area contributed by atoms with Crippen molar-refractivity contribution >= 4 is 24.0 Å². The van der Waals surface area contributed by atoms with Crippen LogP contribution in [0.15, 0.2) is 36.7 Å². The summed E-state index contributed by atoms with van der Waals surface area (Å²) in [7, 11) is 0. The van der Waals surface area contributed by atoms with Gasteiger partial charge in [-0.3, -0.25) is 9.78 Å². The van der Waals surface area contributed by atoms with Gasteiger partial charge in [0.1, 0.15) is 0 Å². The number of aromatic nitrogens is 1. The van der Waals surface area contributed by atoms with E-state index in [-0.39, 0.29) is 25.1 Å². The summed E-state index contributed by atoms with van der Waals surface area (Å²) >= 11 is 0. The van der Waals surface area contributed by atoms with E-state index in [1.807, 2.05) is 12.3 Å². The minimum absolute atomic E-state index is 0. The molecule has 0 spiro atoms. The highest BCUT2D eigenvalue weighted by Crippen LogP contribution is 2.34. The quantitative estimate of drug-likeness (QED) is 0.875. The Hall–Kier alpha value is -2.31. The molecule has 3 heterocycles. The third-order valence-corrected chi connectivity index (χ3v) is 4.37. The molecular formula is C18H20ClN3O3. The summed E-state index contributed by atoms with van der Waals surface area (Å²) in [5, 5.41) is 6.24. The lowest BCUT2D eigenvalue weighted by Gasteiger charge is -2.10. The molecule has 0 radical (unpaired) electrons. The van der Waals surface area contributed by atoms with E-state index in [1.54, 1.807) is 24.4 Å². The Morgan fingerprint density at radius 3 is 2.96 bits per heavy atom. The molecule has 132 valence electrons. The molecule has 7 heteroatoms. The highest BCUT2D eigenvalue weighted by molar-refractivity contribution is 6.04. The zero-order valence-corrected chi connectivity index (χ0v) is 14.5. The van der Waals surface area contributed by atoms with Crippen LogP contribution >= 0.6 is 12.4 Å². The first-order valence-electron chi connectivity index (χ1n) is 8.13. The van der Waals surface area contributed by atoms with E-state index < -0.39 is 0 Å². The van der Waals surface area contributed by atoms with Gasteiger partial charge in [-0.25, -0.2) is 0 Å². The molecule has 1 saturated heterocycles. The molecule has 1 amide bonds. The van der Waals surface area contributed by atoms with E-state index in [9.17, 15) is 4.79 Å². The van der Waals surface area contributed by atoms with Gasteiger partial charge in [0.15, 0.2) is 11.5 Å². The molecule has 0 saturated carbocycles. The van der Waals surface area contributed by atoms with E-state index >= 15 is 0 Å². The van der Waals surface area contributed by atoms with Crippen molar-refractivity contribution in [3.05, 3.63) is 47.8 Å². The molecule has 6 nitrogen and oxygen atoms in total. The number of halogens is 1. The number of carbonyl (C=O) groups is 1. The van der Waals surface area contributed by atoms with Crippen LogP contribution in [0.25, 0.3) is 0 Å². The van der Waals surface area contributed by atoms with E-state index in [2.05, 4.69) is 15.6 Å². The fourth-order valence-electron chi connectivity index (χ4n) is 3.12. The Labute approximate surface area is 152 Å². The average molecular weight is 362 g/mol. The van der Waals surface area contributed by atoms with Crippen LogP contribution in [0.3, 0.4) is 0 Å². The summed E-state index contributed by atoms with van der Waals surface area (Å²) in [6, 6.07) is 7.28. The number of amides is 1. The second-order valence-corrected chi connectivity index (χ2v) is 6.17. The highest BCUT2D eigenvalue weighted by atomic mass is 35.5. The summed E-state index contributed by atoms with van der Waals surface area (Å²) in [4.78, 5) is 16.7. The number of anilines is 1. The van der Waals surface area contributed by atoms with Crippen molar-refractivity contribution in [2.45, 2.75) is 12.8 Å². The first-order chi connectivity index (χ1) is 11.8. The van der Waals surface area contributed by atoms with Crippen molar-refractivity contribution in [2.75, 3.05) is 25.2 Å². The number of carbonyl (C=O) groups excluding carboxylic acids is 1. The molecular weight excluding hydrogens is 342 g/mol. The minimum Gasteiger partial charge on any atom is -0.454 e. The van der Waals surface area contributed by atoms with Gasteiger partial charge < -0.3 is 20.1 Å². The van der Waals surface area contributed by atoms with Crippen molar-refractivity contribution in [1.29, 1.82) is 0 Å². The molecule has 1 aromatic carbocycles. The van der Waals surface area contributed by atoms with Crippen molar-refractivity contribution in [3.63, 3.8) is 0 Å². The first kappa shape index (κ1) is 17.5.